The van der Waals surface area contributed by atoms with E-state index in [0.717, 1.165) is 0 Å². The number of carbonyl (C=O) groups is 3. The SMILES string of the molecule is C[C@]12CCC(=O)C=C1CC[C@H]1[C@@H]3CC[C@](O)(C(=O)CO[C@@H]4O[C@H](CO)[C@H](O)[C@H](O)[C@H]4O)[C@@]3(C)CC(=O)[C@@]12F. The molecule has 11 heteroatoms. The van der Waals surface area contributed by atoms with Gasteiger partial charge in [-0.15, -0.1) is 0 Å². The first kappa shape index (κ1) is 27.9. The lowest BCUT2D eigenvalue weighted by Crippen LogP contribution is -2.68. The van der Waals surface area contributed by atoms with Crippen LogP contribution in [0.25, 0.3) is 0 Å². The second-order valence-electron chi connectivity index (χ2n) is 12.3. The third-order valence-electron chi connectivity index (χ3n) is 10.6. The lowest BCUT2D eigenvalue weighted by Gasteiger charge is -2.60. The summed E-state index contributed by atoms with van der Waals surface area (Å²) in [6.45, 7) is 1.97. The molecule has 1 saturated heterocycles. The van der Waals surface area contributed by atoms with Gasteiger partial charge in [0.05, 0.1) is 6.61 Å². The molecule has 5 N–H and O–H groups in total. The summed E-state index contributed by atoms with van der Waals surface area (Å²) in [5.41, 5.74) is -5.87. The maximum absolute atomic E-state index is 17.1. The third kappa shape index (κ3) is 3.59. The Morgan fingerprint density at radius 2 is 1.79 bits per heavy atom. The van der Waals surface area contributed by atoms with Crippen LogP contribution >= 0.6 is 0 Å². The number of halogens is 1. The molecule has 0 bridgehead atoms. The standard InChI is InChI=1S/C27H37FO10/c1-24-7-5-14(30)9-13(24)3-4-16-15-6-8-26(36,25(15,2)10-18(31)27(16,24)28)19(32)12-37-23-22(35)21(34)20(33)17(11-29)38-23/h9,15-17,20-23,29,33-36H,3-8,10-12H2,1-2H3/t15-,16-,17+,20-,21-,22+,23+,24-,25-,26-,27-/m0/s1. The molecule has 11 atom stereocenters. The average molecular weight is 541 g/mol. The van der Waals surface area contributed by atoms with Gasteiger partial charge < -0.3 is 35.0 Å². The highest BCUT2D eigenvalue weighted by Crippen LogP contribution is 2.69. The molecule has 0 unspecified atom stereocenters. The third-order valence-corrected chi connectivity index (χ3v) is 10.6. The predicted molar refractivity (Wildman–Crippen MR) is 127 cm³/mol. The number of fused-ring (bicyclic) bond motifs is 5. The summed E-state index contributed by atoms with van der Waals surface area (Å²) in [5.74, 6) is -2.65. The Morgan fingerprint density at radius 1 is 1.08 bits per heavy atom. The smallest absolute Gasteiger partial charge is 0.190 e. The molecule has 1 aliphatic heterocycles. The highest BCUT2D eigenvalue weighted by molar-refractivity contribution is 5.97. The minimum atomic E-state index is -2.19. The molecule has 0 aromatic heterocycles. The Labute approximate surface area is 219 Å². The molecule has 212 valence electrons. The van der Waals surface area contributed by atoms with Gasteiger partial charge in [-0.1, -0.05) is 19.4 Å². The largest absolute Gasteiger partial charge is 0.394 e. The second-order valence-corrected chi connectivity index (χ2v) is 12.3. The molecule has 0 radical (unpaired) electrons. The normalized spacial score (nSPS) is 50.6. The van der Waals surface area contributed by atoms with Crippen LogP contribution in [-0.4, -0.2) is 98.1 Å². The van der Waals surface area contributed by atoms with Crippen molar-refractivity contribution in [1.29, 1.82) is 0 Å². The molecule has 5 rings (SSSR count). The summed E-state index contributed by atoms with van der Waals surface area (Å²) in [6, 6.07) is 0. The monoisotopic (exact) mass is 540 g/mol. The van der Waals surface area contributed by atoms with E-state index >= 15 is 4.39 Å². The molecule has 0 amide bonds. The van der Waals surface area contributed by atoms with Crippen LogP contribution in [0.15, 0.2) is 11.6 Å². The Hall–Kier alpha value is -1.60. The van der Waals surface area contributed by atoms with Crippen LogP contribution in [0.3, 0.4) is 0 Å². The first-order valence-corrected chi connectivity index (χ1v) is 13.4. The van der Waals surface area contributed by atoms with Gasteiger partial charge in [-0.2, -0.15) is 0 Å². The fourth-order valence-electron chi connectivity index (χ4n) is 8.24. The lowest BCUT2D eigenvalue weighted by atomic mass is 9.44. The number of Topliss-reactive ketones (excluding diaryl/α,β-unsaturated/α-hetero) is 2. The molecular weight excluding hydrogens is 503 g/mol. The first-order valence-electron chi connectivity index (χ1n) is 13.4. The molecule has 4 aliphatic carbocycles. The highest BCUT2D eigenvalue weighted by atomic mass is 19.1. The van der Waals surface area contributed by atoms with Crippen molar-refractivity contribution >= 4 is 17.3 Å². The van der Waals surface area contributed by atoms with Gasteiger partial charge in [-0.3, -0.25) is 14.4 Å². The van der Waals surface area contributed by atoms with E-state index in [0.29, 0.717) is 24.8 Å². The van der Waals surface area contributed by atoms with E-state index in [1.165, 1.54) is 6.08 Å². The molecule has 3 saturated carbocycles. The summed E-state index contributed by atoms with van der Waals surface area (Å²) < 4.78 is 27.8. The fraction of sp³-hybridized carbons (Fsp3) is 0.815. The van der Waals surface area contributed by atoms with Gasteiger partial charge in [0, 0.05) is 29.6 Å². The molecule has 10 nitrogen and oxygen atoms in total. The fourth-order valence-corrected chi connectivity index (χ4v) is 8.24. The number of aliphatic hydroxyl groups excluding tert-OH is 4. The Morgan fingerprint density at radius 3 is 2.47 bits per heavy atom. The van der Waals surface area contributed by atoms with Gasteiger partial charge in [0.2, 0.25) is 0 Å². The summed E-state index contributed by atoms with van der Waals surface area (Å²) in [6.07, 6.45) is -5.04. The Bertz CT molecular complexity index is 1060. The van der Waals surface area contributed by atoms with Crippen LogP contribution in [0.5, 0.6) is 0 Å². The first-order chi connectivity index (χ1) is 17.7. The van der Waals surface area contributed by atoms with Gasteiger partial charge in [0.25, 0.3) is 0 Å². The Kier molecular flexibility index (Phi) is 6.78. The van der Waals surface area contributed by atoms with Crippen molar-refractivity contribution in [3.05, 3.63) is 11.6 Å². The maximum Gasteiger partial charge on any atom is 0.190 e. The molecule has 0 spiro atoms. The van der Waals surface area contributed by atoms with Gasteiger partial charge in [-0.05, 0) is 44.1 Å². The van der Waals surface area contributed by atoms with Crippen molar-refractivity contribution in [2.75, 3.05) is 13.2 Å². The number of ether oxygens (including phenoxy) is 2. The number of hydrogen-bond donors (Lipinski definition) is 5. The van der Waals surface area contributed by atoms with Gasteiger partial charge in [0.15, 0.2) is 29.3 Å². The average Bonchev–Trinajstić information content (AvgIpc) is 3.14. The van der Waals surface area contributed by atoms with Crippen LogP contribution in [-0.2, 0) is 23.9 Å². The zero-order valence-corrected chi connectivity index (χ0v) is 21.6. The van der Waals surface area contributed by atoms with E-state index in [4.69, 9.17) is 9.47 Å². The van der Waals surface area contributed by atoms with Gasteiger partial charge in [0.1, 0.15) is 36.6 Å². The van der Waals surface area contributed by atoms with Crippen molar-refractivity contribution in [1.82, 2.24) is 0 Å². The van der Waals surface area contributed by atoms with Crippen molar-refractivity contribution in [2.45, 2.75) is 101 Å². The van der Waals surface area contributed by atoms with Crippen LogP contribution < -0.4 is 0 Å². The van der Waals surface area contributed by atoms with Crippen molar-refractivity contribution in [2.24, 2.45) is 22.7 Å². The van der Waals surface area contributed by atoms with E-state index in [9.17, 15) is 39.9 Å². The van der Waals surface area contributed by atoms with E-state index in [1.54, 1.807) is 13.8 Å². The zero-order chi connectivity index (χ0) is 27.8. The number of carbonyl (C=O) groups excluding carboxylic acids is 3. The topological polar surface area (TPSA) is 171 Å². The second kappa shape index (κ2) is 9.22. The molecule has 0 aromatic rings. The number of alkyl halides is 1. The van der Waals surface area contributed by atoms with Crippen molar-refractivity contribution in [3.63, 3.8) is 0 Å². The summed E-state index contributed by atoms with van der Waals surface area (Å²) in [7, 11) is 0. The van der Waals surface area contributed by atoms with Gasteiger partial charge in [-0.25, -0.2) is 4.39 Å². The number of aliphatic hydroxyl groups is 5. The molecule has 0 aromatic carbocycles. The summed E-state index contributed by atoms with van der Waals surface area (Å²) in [5, 5.41) is 51.2. The maximum atomic E-state index is 17.1. The minimum absolute atomic E-state index is 0.00278. The van der Waals surface area contributed by atoms with E-state index in [1.807, 2.05) is 0 Å². The summed E-state index contributed by atoms with van der Waals surface area (Å²) in [4.78, 5) is 39.1. The summed E-state index contributed by atoms with van der Waals surface area (Å²) >= 11 is 0. The molecule has 4 fully saturated rings. The minimum Gasteiger partial charge on any atom is -0.394 e. The zero-order valence-electron chi connectivity index (χ0n) is 21.6. The molecule has 5 aliphatic rings. The number of ketones is 3. The number of rotatable bonds is 5. The predicted octanol–water partition coefficient (Wildman–Crippen LogP) is -0.0939. The van der Waals surface area contributed by atoms with Crippen LogP contribution in [0, 0.1) is 22.7 Å². The van der Waals surface area contributed by atoms with Gasteiger partial charge >= 0.3 is 0 Å². The van der Waals surface area contributed by atoms with Crippen molar-refractivity contribution < 1.29 is 53.8 Å². The highest BCUT2D eigenvalue weighted by Gasteiger charge is 2.74. The molecular formula is C27H37FO10. The quantitative estimate of drug-likeness (QED) is 0.317. The molecule has 38 heavy (non-hydrogen) atoms. The van der Waals surface area contributed by atoms with Crippen LogP contribution in [0.2, 0.25) is 0 Å². The van der Waals surface area contributed by atoms with E-state index < -0.39 is 89.4 Å². The van der Waals surface area contributed by atoms with Crippen LogP contribution in [0.1, 0.15) is 58.8 Å². The number of allylic oxidation sites excluding steroid dienone is 1. The van der Waals surface area contributed by atoms with E-state index in [-0.39, 0.29) is 31.5 Å². The molecule has 1 heterocycles. The lowest BCUT2D eigenvalue weighted by molar-refractivity contribution is -0.300. The van der Waals surface area contributed by atoms with Crippen LogP contribution in [0.4, 0.5) is 4.39 Å². The Balaban J connectivity index is 1.37. The van der Waals surface area contributed by atoms with E-state index in [2.05, 4.69) is 0 Å². The van der Waals surface area contributed by atoms with Crippen molar-refractivity contribution in [3.8, 4) is 0 Å². The number of hydrogen-bond acceptors (Lipinski definition) is 10.